The minimum Gasteiger partial charge on any atom is -0.490 e. The maximum absolute atomic E-state index is 11.7. The zero-order valence-electron chi connectivity index (χ0n) is 10.9. The Labute approximate surface area is 105 Å². The van der Waals surface area contributed by atoms with Crippen LogP contribution in [0.1, 0.15) is 5.56 Å². The topological polar surface area (TPSA) is 56.1 Å². The van der Waals surface area contributed by atoms with Crippen LogP contribution in [-0.4, -0.2) is 29.8 Å². The maximum Gasteiger partial charge on any atom is 0.250 e. The quantitative estimate of drug-likeness (QED) is 0.813. The molecule has 5 heteroatoms. The van der Waals surface area contributed by atoms with Crippen LogP contribution in [0, 0.1) is 6.92 Å². The summed E-state index contributed by atoms with van der Waals surface area (Å²) >= 11 is 0. The summed E-state index contributed by atoms with van der Waals surface area (Å²) < 4.78 is 7.34. The SMILES string of the molecule is CNCCOc1c(C)cnc2ccc(=O)n(C)c12. The average Bonchev–Trinajstić information content (AvgIpc) is 2.36. The maximum atomic E-state index is 11.7. The first kappa shape index (κ1) is 12.6. The van der Waals surface area contributed by atoms with Crippen molar-refractivity contribution in [2.24, 2.45) is 7.05 Å². The molecular formula is C13H17N3O2. The summed E-state index contributed by atoms with van der Waals surface area (Å²) in [5, 5.41) is 3.02. The highest BCUT2D eigenvalue weighted by atomic mass is 16.5. The first-order valence-corrected chi connectivity index (χ1v) is 5.88. The molecule has 0 saturated carbocycles. The fourth-order valence-corrected chi connectivity index (χ4v) is 1.84. The molecule has 1 N–H and O–H groups in total. The van der Waals surface area contributed by atoms with E-state index in [0.29, 0.717) is 6.61 Å². The van der Waals surface area contributed by atoms with Gasteiger partial charge >= 0.3 is 0 Å². The lowest BCUT2D eigenvalue weighted by Crippen LogP contribution is -2.19. The number of aryl methyl sites for hydroxylation is 2. The zero-order valence-corrected chi connectivity index (χ0v) is 10.9. The summed E-state index contributed by atoms with van der Waals surface area (Å²) in [5.74, 6) is 0.732. The van der Waals surface area contributed by atoms with Crippen molar-refractivity contribution in [1.29, 1.82) is 0 Å². The molecule has 2 aromatic heterocycles. The van der Waals surface area contributed by atoms with Gasteiger partial charge in [-0.15, -0.1) is 0 Å². The van der Waals surface area contributed by atoms with E-state index in [0.717, 1.165) is 28.9 Å². The van der Waals surface area contributed by atoms with E-state index in [4.69, 9.17) is 4.74 Å². The summed E-state index contributed by atoms with van der Waals surface area (Å²) in [4.78, 5) is 16.0. The third-order valence-electron chi connectivity index (χ3n) is 2.86. The molecule has 0 fully saturated rings. The van der Waals surface area contributed by atoms with Crippen LogP contribution in [-0.2, 0) is 7.05 Å². The van der Waals surface area contributed by atoms with Crippen LogP contribution in [0.5, 0.6) is 5.75 Å². The molecule has 0 atom stereocenters. The monoisotopic (exact) mass is 247 g/mol. The number of hydrogen-bond acceptors (Lipinski definition) is 4. The Kier molecular flexibility index (Phi) is 3.62. The van der Waals surface area contributed by atoms with Crippen molar-refractivity contribution >= 4 is 11.0 Å². The molecule has 0 spiro atoms. The number of ether oxygens (including phenoxy) is 1. The highest BCUT2D eigenvalue weighted by molar-refractivity contribution is 5.82. The van der Waals surface area contributed by atoms with E-state index in [-0.39, 0.29) is 5.56 Å². The second-order valence-electron chi connectivity index (χ2n) is 4.19. The standard InChI is InChI=1S/C13H17N3O2/c1-9-8-15-10-4-5-11(17)16(3)12(10)13(9)18-7-6-14-2/h4-5,8,14H,6-7H2,1-3H3. The molecule has 5 nitrogen and oxygen atoms in total. The van der Waals surface area contributed by atoms with Crippen LogP contribution in [0.25, 0.3) is 11.0 Å². The molecule has 96 valence electrons. The van der Waals surface area contributed by atoms with E-state index < -0.39 is 0 Å². The Morgan fingerprint density at radius 3 is 2.94 bits per heavy atom. The van der Waals surface area contributed by atoms with Gasteiger partial charge in [0, 0.05) is 31.4 Å². The van der Waals surface area contributed by atoms with Gasteiger partial charge in [-0.05, 0) is 20.0 Å². The third kappa shape index (κ3) is 2.22. The second kappa shape index (κ2) is 5.18. The molecule has 0 amide bonds. The van der Waals surface area contributed by atoms with Crippen LogP contribution >= 0.6 is 0 Å². The predicted octanol–water partition coefficient (Wildman–Crippen LogP) is 0.840. The van der Waals surface area contributed by atoms with Crippen molar-refractivity contribution in [3.63, 3.8) is 0 Å². The first-order valence-electron chi connectivity index (χ1n) is 5.88. The Bertz CT molecular complexity index is 619. The second-order valence-corrected chi connectivity index (χ2v) is 4.19. The number of likely N-dealkylation sites (N-methyl/N-ethyl adjacent to an activating group) is 1. The highest BCUT2D eigenvalue weighted by Crippen LogP contribution is 2.26. The number of nitrogens with zero attached hydrogens (tertiary/aromatic N) is 2. The van der Waals surface area contributed by atoms with Gasteiger partial charge in [-0.2, -0.15) is 0 Å². The molecule has 0 aromatic carbocycles. The first-order chi connectivity index (χ1) is 8.65. The average molecular weight is 247 g/mol. The van der Waals surface area contributed by atoms with Crippen LogP contribution in [0.4, 0.5) is 0 Å². The third-order valence-corrected chi connectivity index (χ3v) is 2.86. The Morgan fingerprint density at radius 1 is 1.44 bits per heavy atom. The van der Waals surface area contributed by atoms with Gasteiger partial charge in [0.05, 0.1) is 5.52 Å². The van der Waals surface area contributed by atoms with Gasteiger partial charge in [0.15, 0.2) is 0 Å². The summed E-state index contributed by atoms with van der Waals surface area (Å²) in [6, 6.07) is 3.24. The van der Waals surface area contributed by atoms with E-state index in [2.05, 4.69) is 10.3 Å². The van der Waals surface area contributed by atoms with Gasteiger partial charge in [-0.1, -0.05) is 0 Å². The molecule has 0 aliphatic carbocycles. The smallest absolute Gasteiger partial charge is 0.250 e. The van der Waals surface area contributed by atoms with E-state index in [9.17, 15) is 4.79 Å². The fraction of sp³-hybridized carbons (Fsp3) is 0.385. The molecule has 0 unspecified atom stereocenters. The zero-order chi connectivity index (χ0) is 13.1. The number of pyridine rings is 2. The lowest BCUT2D eigenvalue weighted by atomic mass is 10.2. The Hall–Kier alpha value is -1.88. The Morgan fingerprint density at radius 2 is 2.22 bits per heavy atom. The van der Waals surface area contributed by atoms with Crippen LogP contribution in [0.3, 0.4) is 0 Å². The summed E-state index contributed by atoms with van der Waals surface area (Å²) in [5.41, 5.74) is 2.38. The van der Waals surface area contributed by atoms with Gasteiger partial charge in [0.25, 0.3) is 5.56 Å². The number of fused-ring (bicyclic) bond motifs is 1. The van der Waals surface area contributed by atoms with E-state index in [1.807, 2.05) is 14.0 Å². The number of nitrogens with one attached hydrogen (secondary N) is 1. The van der Waals surface area contributed by atoms with Crippen LogP contribution < -0.4 is 15.6 Å². The minimum absolute atomic E-state index is 0.0617. The molecule has 0 radical (unpaired) electrons. The van der Waals surface area contributed by atoms with Crippen LogP contribution in [0.15, 0.2) is 23.1 Å². The lowest BCUT2D eigenvalue weighted by molar-refractivity contribution is 0.318. The van der Waals surface area contributed by atoms with Gasteiger partial charge < -0.3 is 14.6 Å². The van der Waals surface area contributed by atoms with Crippen molar-refractivity contribution in [2.75, 3.05) is 20.2 Å². The highest BCUT2D eigenvalue weighted by Gasteiger charge is 2.10. The summed E-state index contributed by atoms with van der Waals surface area (Å²) in [6.07, 6.45) is 1.77. The van der Waals surface area contributed by atoms with Crippen molar-refractivity contribution in [1.82, 2.24) is 14.9 Å². The molecule has 2 rings (SSSR count). The van der Waals surface area contributed by atoms with Gasteiger partial charge in [0.2, 0.25) is 0 Å². The van der Waals surface area contributed by atoms with E-state index >= 15 is 0 Å². The minimum atomic E-state index is -0.0617. The Balaban J connectivity index is 2.58. The molecule has 2 aromatic rings. The fourth-order valence-electron chi connectivity index (χ4n) is 1.84. The van der Waals surface area contributed by atoms with Crippen molar-refractivity contribution in [2.45, 2.75) is 6.92 Å². The normalized spacial score (nSPS) is 10.8. The predicted molar refractivity (Wildman–Crippen MR) is 71.1 cm³/mol. The molecule has 0 saturated heterocycles. The van der Waals surface area contributed by atoms with Gasteiger partial charge in [-0.25, -0.2) is 0 Å². The summed E-state index contributed by atoms with van der Waals surface area (Å²) in [7, 11) is 3.60. The van der Waals surface area contributed by atoms with Crippen LogP contribution in [0.2, 0.25) is 0 Å². The van der Waals surface area contributed by atoms with Crippen molar-refractivity contribution in [3.8, 4) is 5.75 Å². The molecule has 0 aliphatic heterocycles. The number of rotatable bonds is 4. The number of hydrogen-bond donors (Lipinski definition) is 1. The molecule has 18 heavy (non-hydrogen) atoms. The largest absolute Gasteiger partial charge is 0.490 e. The summed E-state index contributed by atoms with van der Waals surface area (Å²) in [6.45, 7) is 3.24. The lowest BCUT2D eigenvalue weighted by Gasteiger charge is -2.13. The van der Waals surface area contributed by atoms with Crippen molar-refractivity contribution < 1.29 is 4.74 Å². The molecule has 2 heterocycles. The van der Waals surface area contributed by atoms with Gasteiger partial charge in [-0.3, -0.25) is 9.78 Å². The van der Waals surface area contributed by atoms with Gasteiger partial charge in [0.1, 0.15) is 17.9 Å². The number of aromatic nitrogens is 2. The molecular weight excluding hydrogens is 230 g/mol. The molecule has 0 aliphatic rings. The van der Waals surface area contributed by atoms with E-state index in [1.165, 1.54) is 6.07 Å². The van der Waals surface area contributed by atoms with E-state index in [1.54, 1.807) is 23.9 Å². The van der Waals surface area contributed by atoms with Crippen molar-refractivity contribution in [3.05, 3.63) is 34.2 Å². The molecule has 0 bridgehead atoms.